The lowest BCUT2D eigenvalue weighted by Crippen LogP contribution is -2.47. The summed E-state index contributed by atoms with van der Waals surface area (Å²) in [7, 11) is 5.20. The van der Waals surface area contributed by atoms with Crippen LogP contribution in [-0.2, 0) is 5.41 Å². The fourth-order valence-electron chi connectivity index (χ4n) is 4.74. The molecule has 1 aromatic carbocycles. The highest BCUT2D eigenvalue weighted by Gasteiger charge is 2.42. The second-order valence-electron chi connectivity index (χ2n) is 7.68. The normalized spacial score (nSPS) is 24.7. The highest BCUT2D eigenvalue weighted by molar-refractivity contribution is 5.98. The van der Waals surface area contributed by atoms with E-state index in [1.807, 2.05) is 24.1 Å². The zero-order chi connectivity index (χ0) is 17.3. The van der Waals surface area contributed by atoms with Crippen LogP contribution in [0.5, 0.6) is 11.5 Å². The molecule has 1 unspecified atom stereocenters. The Morgan fingerprint density at radius 2 is 1.88 bits per heavy atom. The molecular weight excluding hydrogens is 302 g/mol. The van der Waals surface area contributed by atoms with Gasteiger partial charge in [-0.15, -0.1) is 0 Å². The number of rotatable bonds is 4. The third kappa shape index (κ3) is 2.99. The number of likely N-dealkylation sites (N-methyl/N-ethyl adjacent to an activating group) is 1. The van der Waals surface area contributed by atoms with Gasteiger partial charge in [0.15, 0.2) is 0 Å². The van der Waals surface area contributed by atoms with E-state index in [1.165, 1.54) is 32.1 Å². The molecule has 1 aliphatic carbocycles. The van der Waals surface area contributed by atoms with E-state index in [1.54, 1.807) is 14.2 Å². The first-order valence-corrected chi connectivity index (χ1v) is 9.00. The molecule has 1 aromatic rings. The first kappa shape index (κ1) is 17.1. The number of amides is 1. The largest absolute Gasteiger partial charge is 0.497 e. The van der Waals surface area contributed by atoms with Crippen molar-refractivity contribution in [2.75, 3.05) is 27.8 Å². The van der Waals surface area contributed by atoms with Crippen LogP contribution in [0.2, 0.25) is 0 Å². The van der Waals surface area contributed by atoms with Crippen molar-refractivity contribution in [2.24, 2.45) is 5.92 Å². The topological polar surface area (TPSA) is 38.8 Å². The van der Waals surface area contributed by atoms with Crippen LogP contribution < -0.4 is 9.47 Å². The second-order valence-corrected chi connectivity index (χ2v) is 7.68. The highest BCUT2D eigenvalue weighted by atomic mass is 16.5. The summed E-state index contributed by atoms with van der Waals surface area (Å²) in [5.74, 6) is 2.26. The van der Waals surface area contributed by atoms with Gasteiger partial charge in [0.25, 0.3) is 5.91 Å². The predicted octanol–water partition coefficient (Wildman–Crippen LogP) is 4.02. The molecule has 4 heteroatoms. The van der Waals surface area contributed by atoms with Gasteiger partial charge in [-0.05, 0) is 18.4 Å². The highest BCUT2D eigenvalue weighted by Crippen LogP contribution is 2.46. The number of hydrogen-bond donors (Lipinski definition) is 0. The van der Waals surface area contributed by atoms with Crippen LogP contribution in [-0.4, -0.2) is 38.6 Å². The summed E-state index contributed by atoms with van der Waals surface area (Å²) < 4.78 is 11.0. The van der Waals surface area contributed by atoms with Crippen molar-refractivity contribution >= 4 is 5.91 Å². The number of methoxy groups -OCH3 is 2. The van der Waals surface area contributed by atoms with Gasteiger partial charge in [-0.3, -0.25) is 4.79 Å². The van der Waals surface area contributed by atoms with Crippen LogP contribution in [0.4, 0.5) is 0 Å². The average molecular weight is 331 g/mol. The number of carbonyl (C=O) groups is 1. The first-order valence-electron chi connectivity index (χ1n) is 9.00. The maximum absolute atomic E-state index is 12.7. The fourth-order valence-corrected chi connectivity index (χ4v) is 4.74. The summed E-state index contributed by atoms with van der Waals surface area (Å²) in [6.07, 6.45) is 7.76. The van der Waals surface area contributed by atoms with E-state index in [4.69, 9.17) is 9.47 Å². The number of carbonyl (C=O) groups excluding carboxylic acids is 1. The van der Waals surface area contributed by atoms with E-state index >= 15 is 0 Å². The predicted molar refractivity (Wildman–Crippen MR) is 95.1 cm³/mol. The minimum Gasteiger partial charge on any atom is -0.497 e. The monoisotopic (exact) mass is 331 g/mol. The summed E-state index contributed by atoms with van der Waals surface area (Å²) in [5, 5.41) is 0. The number of fused-ring (bicyclic) bond motifs is 1. The SMILES string of the molecule is COc1cc(OC)c2c(c1)C(=O)N(C)CC2(C)CC1CCCCC1. The first-order chi connectivity index (χ1) is 11.5. The van der Waals surface area contributed by atoms with Crippen LogP contribution in [0.25, 0.3) is 0 Å². The van der Waals surface area contributed by atoms with Gasteiger partial charge in [-0.2, -0.15) is 0 Å². The molecule has 0 saturated heterocycles. The van der Waals surface area contributed by atoms with E-state index in [9.17, 15) is 4.79 Å². The Labute approximate surface area is 145 Å². The van der Waals surface area contributed by atoms with Crippen LogP contribution in [0.3, 0.4) is 0 Å². The van der Waals surface area contributed by atoms with Gasteiger partial charge in [0.2, 0.25) is 0 Å². The van der Waals surface area contributed by atoms with E-state index in [2.05, 4.69) is 6.92 Å². The van der Waals surface area contributed by atoms with Crippen LogP contribution in [0.15, 0.2) is 12.1 Å². The van der Waals surface area contributed by atoms with Crippen LogP contribution in [0, 0.1) is 5.92 Å². The van der Waals surface area contributed by atoms with E-state index in [-0.39, 0.29) is 11.3 Å². The second kappa shape index (κ2) is 6.66. The van der Waals surface area contributed by atoms with Gasteiger partial charge in [-0.1, -0.05) is 39.0 Å². The molecule has 0 spiro atoms. The molecule has 0 aromatic heterocycles. The maximum atomic E-state index is 12.7. The Kier molecular flexibility index (Phi) is 4.75. The standard InChI is InChI=1S/C20H29NO3/c1-20(12-14-8-6-5-7-9-14)13-21(2)19(22)16-10-15(23-3)11-17(24-4)18(16)20/h10-11,14H,5-9,12-13H2,1-4H3. The Hall–Kier alpha value is -1.71. The molecule has 1 amide bonds. The van der Waals surface area contributed by atoms with Gasteiger partial charge in [0.05, 0.1) is 19.8 Å². The van der Waals surface area contributed by atoms with Gasteiger partial charge < -0.3 is 14.4 Å². The van der Waals surface area contributed by atoms with Crippen molar-refractivity contribution in [3.63, 3.8) is 0 Å². The number of hydrogen-bond acceptors (Lipinski definition) is 3. The van der Waals surface area contributed by atoms with Gasteiger partial charge in [0, 0.05) is 30.6 Å². The van der Waals surface area contributed by atoms with Gasteiger partial charge in [0.1, 0.15) is 11.5 Å². The lowest BCUT2D eigenvalue weighted by molar-refractivity contribution is 0.0704. The molecule has 132 valence electrons. The Balaban J connectivity index is 2.05. The molecule has 24 heavy (non-hydrogen) atoms. The van der Waals surface area contributed by atoms with Gasteiger partial charge in [-0.25, -0.2) is 0 Å². The zero-order valence-electron chi connectivity index (χ0n) is 15.4. The lowest BCUT2D eigenvalue weighted by Gasteiger charge is -2.43. The smallest absolute Gasteiger partial charge is 0.254 e. The third-order valence-corrected chi connectivity index (χ3v) is 5.76. The zero-order valence-corrected chi connectivity index (χ0v) is 15.4. The van der Waals surface area contributed by atoms with E-state index in [0.717, 1.165) is 35.8 Å². The molecule has 0 N–H and O–H groups in total. The van der Waals surface area contributed by atoms with Crippen molar-refractivity contribution in [1.29, 1.82) is 0 Å². The van der Waals surface area contributed by atoms with E-state index < -0.39 is 0 Å². The van der Waals surface area contributed by atoms with E-state index in [0.29, 0.717) is 5.75 Å². The molecule has 2 aliphatic rings. The van der Waals surface area contributed by atoms with Crippen molar-refractivity contribution < 1.29 is 14.3 Å². The number of ether oxygens (including phenoxy) is 2. The summed E-state index contributed by atoms with van der Waals surface area (Å²) in [6.45, 7) is 3.04. The third-order valence-electron chi connectivity index (χ3n) is 5.76. The van der Waals surface area contributed by atoms with Crippen molar-refractivity contribution in [3.8, 4) is 11.5 Å². The minimum absolute atomic E-state index is 0.0586. The molecule has 1 fully saturated rings. The van der Waals surface area contributed by atoms with Crippen molar-refractivity contribution in [1.82, 2.24) is 4.90 Å². The molecule has 1 aliphatic heterocycles. The fraction of sp³-hybridized carbons (Fsp3) is 0.650. The molecule has 3 rings (SSSR count). The Morgan fingerprint density at radius 1 is 1.17 bits per heavy atom. The molecule has 1 heterocycles. The number of nitrogens with zero attached hydrogens (tertiary/aromatic N) is 1. The quantitative estimate of drug-likeness (QED) is 0.836. The van der Waals surface area contributed by atoms with Crippen LogP contribution >= 0.6 is 0 Å². The molecule has 0 radical (unpaired) electrons. The summed E-state index contributed by atoms with van der Waals surface area (Å²) in [6, 6.07) is 3.78. The number of benzene rings is 1. The molecule has 4 nitrogen and oxygen atoms in total. The molecule has 1 saturated carbocycles. The van der Waals surface area contributed by atoms with Crippen molar-refractivity contribution in [3.05, 3.63) is 23.3 Å². The average Bonchev–Trinajstić information content (AvgIpc) is 2.59. The van der Waals surface area contributed by atoms with Crippen molar-refractivity contribution in [2.45, 2.75) is 50.9 Å². The lowest BCUT2D eigenvalue weighted by atomic mass is 9.68. The summed E-state index contributed by atoms with van der Waals surface area (Å²) in [4.78, 5) is 14.6. The molecule has 0 bridgehead atoms. The summed E-state index contributed by atoms with van der Waals surface area (Å²) in [5.41, 5.74) is 1.73. The van der Waals surface area contributed by atoms with Crippen LogP contribution in [0.1, 0.15) is 61.4 Å². The summed E-state index contributed by atoms with van der Waals surface area (Å²) >= 11 is 0. The molecular formula is C20H29NO3. The Bertz CT molecular complexity index is 622. The Morgan fingerprint density at radius 3 is 2.50 bits per heavy atom. The molecule has 1 atom stereocenters. The van der Waals surface area contributed by atoms with Gasteiger partial charge >= 0.3 is 0 Å². The minimum atomic E-state index is -0.0718. The maximum Gasteiger partial charge on any atom is 0.254 e.